The molecule has 144 valence electrons. The number of Topliss-reactive ketones (excluding diaryl/α,β-unsaturated/α-hetero) is 2. The quantitative estimate of drug-likeness (QED) is 0.472. The molecule has 27 heavy (non-hydrogen) atoms. The molecule has 0 aliphatic carbocycles. The Morgan fingerprint density at radius 1 is 0.926 bits per heavy atom. The summed E-state index contributed by atoms with van der Waals surface area (Å²) in [6.07, 6.45) is 3.25. The van der Waals surface area contributed by atoms with Gasteiger partial charge in [0.25, 0.3) is 0 Å². The predicted molar refractivity (Wildman–Crippen MR) is 108 cm³/mol. The van der Waals surface area contributed by atoms with Crippen molar-refractivity contribution in [2.24, 2.45) is 0 Å². The molecule has 0 atom stereocenters. The lowest BCUT2D eigenvalue weighted by Crippen LogP contribution is -2.27. The van der Waals surface area contributed by atoms with E-state index in [9.17, 15) is 14.7 Å². The molecule has 0 aliphatic rings. The van der Waals surface area contributed by atoms with Gasteiger partial charge in [0, 0.05) is 25.1 Å². The van der Waals surface area contributed by atoms with Crippen LogP contribution >= 0.6 is 0 Å². The molecule has 0 spiro atoms. The molecule has 0 bridgehead atoms. The van der Waals surface area contributed by atoms with Crippen LogP contribution in [-0.2, 0) is 17.8 Å². The fraction of sp³-hybridized carbons (Fsp3) is 0.391. The molecular weight excluding hydrogens is 338 g/mol. The molecule has 0 saturated carbocycles. The van der Waals surface area contributed by atoms with Crippen LogP contribution in [0.3, 0.4) is 0 Å². The van der Waals surface area contributed by atoms with Crippen molar-refractivity contribution in [3.63, 3.8) is 0 Å². The number of para-hydroxylation sites is 1. The minimum absolute atomic E-state index is 0.0715. The summed E-state index contributed by atoms with van der Waals surface area (Å²) in [4.78, 5) is 24.9. The van der Waals surface area contributed by atoms with Gasteiger partial charge in [0.2, 0.25) is 0 Å². The van der Waals surface area contributed by atoms with E-state index < -0.39 is 0 Å². The van der Waals surface area contributed by atoms with Crippen molar-refractivity contribution in [2.75, 3.05) is 13.1 Å². The Labute approximate surface area is 161 Å². The second-order valence-electron chi connectivity index (χ2n) is 7.07. The average molecular weight is 367 g/mol. The van der Waals surface area contributed by atoms with Crippen LogP contribution in [0.15, 0.2) is 48.5 Å². The first-order valence-corrected chi connectivity index (χ1v) is 9.54. The molecule has 0 heterocycles. The average Bonchev–Trinajstić information content (AvgIpc) is 2.64. The lowest BCUT2D eigenvalue weighted by molar-refractivity contribution is -0.117. The molecular formula is C23H29NO3. The number of aromatic hydroxyl groups is 1. The number of hydrogen-bond donors (Lipinski definition) is 1. The molecule has 0 radical (unpaired) electrons. The first kappa shape index (κ1) is 20.8. The molecule has 2 aromatic rings. The van der Waals surface area contributed by atoms with Gasteiger partial charge in [0.05, 0.1) is 0 Å². The molecule has 0 fully saturated rings. The molecule has 2 aromatic carbocycles. The Balaban J connectivity index is 1.98. The molecule has 4 heteroatoms. The molecule has 0 saturated heterocycles. The maximum atomic E-state index is 11.4. The Hall–Kier alpha value is -2.46. The zero-order chi connectivity index (χ0) is 19.6. The fourth-order valence-electron chi connectivity index (χ4n) is 3.08. The zero-order valence-electron chi connectivity index (χ0n) is 16.3. The summed E-state index contributed by atoms with van der Waals surface area (Å²) >= 11 is 0. The first-order valence-electron chi connectivity index (χ1n) is 9.54. The van der Waals surface area contributed by atoms with Crippen molar-refractivity contribution < 1.29 is 14.7 Å². The minimum Gasteiger partial charge on any atom is -0.508 e. The van der Waals surface area contributed by atoms with Crippen molar-refractivity contribution in [3.8, 4) is 5.75 Å². The lowest BCUT2D eigenvalue weighted by atomic mass is 10.1. The maximum absolute atomic E-state index is 11.4. The van der Waals surface area contributed by atoms with Gasteiger partial charge in [-0.3, -0.25) is 9.69 Å². The number of phenols is 1. The van der Waals surface area contributed by atoms with E-state index in [1.807, 2.05) is 42.5 Å². The number of ketones is 2. The molecule has 0 amide bonds. The lowest BCUT2D eigenvalue weighted by Gasteiger charge is -2.23. The van der Waals surface area contributed by atoms with E-state index in [-0.39, 0.29) is 11.6 Å². The SMILES string of the molecule is CC(=O)CCCCN(CCc1ccccc1O)Cc1ccc(C(C)=O)cc1. The van der Waals surface area contributed by atoms with Crippen LogP contribution in [0.4, 0.5) is 0 Å². The topological polar surface area (TPSA) is 57.6 Å². The van der Waals surface area contributed by atoms with E-state index in [0.29, 0.717) is 12.2 Å². The van der Waals surface area contributed by atoms with Gasteiger partial charge in [0.15, 0.2) is 5.78 Å². The normalized spacial score (nSPS) is 10.9. The van der Waals surface area contributed by atoms with E-state index in [4.69, 9.17) is 0 Å². The molecule has 1 N–H and O–H groups in total. The third-order valence-corrected chi connectivity index (χ3v) is 4.71. The second kappa shape index (κ2) is 10.6. The highest BCUT2D eigenvalue weighted by molar-refractivity contribution is 5.94. The summed E-state index contributed by atoms with van der Waals surface area (Å²) < 4.78 is 0. The van der Waals surface area contributed by atoms with Crippen LogP contribution < -0.4 is 0 Å². The fourth-order valence-corrected chi connectivity index (χ4v) is 3.08. The number of unbranched alkanes of at least 4 members (excludes halogenated alkanes) is 1. The van der Waals surface area contributed by atoms with E-state index in [0.717, 1.165) is 55.6 Å². The van der Waals surface area contributed by atoms with Gasteiger partial charge in [-0.15, -0.1) is 0 Å². The van der Waals surface area contributed by atoms with Crippen LogP contribution in [0.1, 0.15) is 54.6 Å². The van der Waals surface area contributed by atoms with Crippen LogP contribution in [0, 0.1) is 0 Å². The van der Waals surface area contributed by atoms with Crippen molar-refractivity contribution in [3.05, 3.63) is 65.2 Å². The van der Waals surface area contributed by atoms with Gasteiger partial charge in [-0.1, -0.05) is 42.5 Å². The highest BCUT2D eigenvalue weighted by atomic mass is 16.3. The highest BCUT2D eigenvalue weighted by Gasteiger charge is 2.09. The number of benzene rings is 2. The third-order valence-electron chi connectivity index (χ3n) is 4.71. The van der Waals surface area contributed by atoms with E-state index in [1.165, 1.54) is 0 Å². The molecule has 0 aromatic heterocycles. The molecule has 2 rings (SSSR count). The summed E-state index contributed by atoms with van der Waals surface area (Å²) in [7, 11) is 0. The zero-order valence-corrected chi connectivity index (χ0v) is 16.3. The van der Waals surface area contributed by atoms with E-state index >= 15 is 0 Å². The molecule has 0 unspecified atom stereocenters. The monoisotopic (exact) mass is 367 g/mol. The Morgan fingerprint density at radius 3 is 2.26 bits per heavy atom. The Morgan fingerprint density at radius 2 is 1.63 bits per heavy atom. The third kappa shape index (κ3) is 7.35. The largest absolute Gasteiger partial charge is 0.508 e. The number of phenolic OH excluding ortho intramolecular Hbond substituents is 1. The Bertz CT molecular complexity index is 752. The molecule has 4 nitrogen and oxygen atoms in total. The number of carbonyl (C=O) groups is 2. The number of rotatable bonds is 11. The van der Waals surface area contributed by atoms with Gasteiger partial charge in [-0.05, 0) is 56.8 Å². The maximum Gasteiger partial charge on any atom is 0.159 e. The van der Waals surface area contributed by atoms with Crippen molar-refractivity contribution in [1.29, 1.82) is 0 Å². The van der Waals surface area contributed by atoms with Gasteiger partial charge in [-0.2, -0.15) is 0 Å². The van der Waals surface area contributed by atoms with Crippen LogP contribution in [0.5, 0.6) is 5.75 Å². The van der Waals surface area contributed by atoms with Crippen LogP contribution in [0.2, 0.25) is 0 Å². The molecule has 0 aliphatic heterocycles. The van der Waals surface area contributed by atoms with Crippen LogP contribution in [-0.4, -0.2) is 34.7 Å². The number of hydrogen-bond acceptors (Lipinski definition) is 4. The van der Waals surface area contributed by atoms with Crippen molar-refractivity contribution in [1.82, 2.24) is 4.90 Å². The summed E-state index contributed by atoms with van der Waals surface area (Å²) in [5.74, 6) is 0.637. The summed E-state index contributed by atoms with van der Waals surface area (Å²) in [5.41, 5.74) is 2.82. The standard InChI is InChI=1S/C23H29NO3/c1-18(25)7-5-6-15-24(16-14-22-8-3-4-9-23(22)27)17-20-10-12-21(13-11-20)19(2)26/h3-4,8-13,27H,5-7,14-17H2,1-2H3. The predicted octanol–water partition coefficient (Wildman–Crippen LogP) is 4.40. The summed E-state index contributed by atoms with van der Waals surface area (Å²) in [5, 5.41) is 9.98. The van der Waals surface area contributed by atoms with Gasteiger partial charge < -0.3 is 9.90 Å². The minimum atomic E-state index is 0.0715. The van der Waals surface area contributed by atoms with Crippen LogP contribution in [0.25, 0.3) is 0 Å². The smallest absolute Gasteiger partial charge is 0.159 e. The summed E-state index contributed by atoms with van der Waals surface area (Å²) in [6, 6.07) is 15.2. The second-order valence-corrected chi connectivity index (χ2v) is 7.07. The summed E-state index contributed by atoms with van der Waals surface area (Å²) in [6.45, 7) is 5.71. The van der Waals surface area contributed by atoms with E-state index in [1.54, 1.807) is 19.9 Å². The Kier molecular flexibility index (Phi) is 8.21. The van der Waals surface area contributed by atoms with Gasteiger partial charge in [0.1, 0.15) is 11.5 Å². The van der Waals surface area contributed by atoms with E-state index in [2.05, 4.69) is 4.90 Å². The highest BCUT2D eigenvalue weighted by Crippen LogP contribution is 2.17. The first-order chi connectivity index (χ1) is 13.0. The number of nitrogens with zero attached hydrogens (tertiary/aromatic N) is 1. The van der Waals surface area contributed by atoms with Crippen molar-refractivity contribution in [2.45, 2.75) is 46.1 Å². The van der Waals surface area contributed by atoms with Gasteiger partial charge in [-0.25, -0.2) is 0 Å². The number of carbonyl (C=O) groups excluding carboxylic acids is 2. The van der Waals surface area contributed by atoms with Crippen molar-refractivity contribution >= 4 is 11.6 Å². The van der Waals surface area contributed by atoms with Gasteiger partial charge >= 0.3 is 0 Å².